The number of hydrogen-bond donors (Lipinski definition) is 2. The average molecular weight is 400 g/mol. The molecular weight excluding hydrogens is 387 g/mol. The van der Waals surface area contributed by atoms with Gasteiger partial charge >= 0.3 is 0 Å². The normalized spacial score (nSPS) is 11.9. The Bertz CT molecular complexity index is 657. The van der Waals surface area contributed by atoms with Gasteiger partial charge in [-0.3, -0.25) is 14.9 Å². The molecule has 110 valence electrons. The fraction of sp³-hybridized carbons (Fsp3) is 0.231. The summed E-state index contributed by atoms with van der Waals surface area (Å²) >= 11 is 1.98. The Kier molecular flexibility index (Phi) is 4.89. The topological polar surface area (TPSA) is 101 Å². The Hall–Kier alpha value is -1.97. The maximum absolute atomic E-state index is 12.3. The van der Waals surface area contributed by atoms with Gasteiger partial charge in [0.2, 0.25) is 0 Å². The predicted octanol–water partition coefficient (Wildman–Crippen LogP) is 2.80. The number of nitro benzene ring substituents is 1. The zero-order valence-electron chi connectivity index (χ0n) is 11.2. The average Bonchev–Trinajstić information content (AvgIpc) is 2.98. The fourth-order valence-electron chi connectivity index (χ4n) is 1.87. The molecule has 0 spiro atoms. The van der Waals surface area contributed by atoms with Crippen LogP contribution in [0.2, 0.25) is 0 Å². The first-order chi connectivity index (χ1) is 10.0. The zero-order valence-corrected chi connectivity index (χ0v) is 13.3. The molecule has 1 aromatic heterocycles. The first kappa shape index (κ1) is 15.4. The Morgan fingerprint density at radius 2 is 2.33 bits per heavy atom. The number of nitrogens with zero attached hydrogens (tertiary/aromatic N) is 2. The van der Waals surface area contributed by atoms with Gasteiger partial charge in [-0.1, -0.05) is 6.92 Å². The van der Waals surface area contributed by atoms with Gasteiger partial charge in [-0.15, -0.1) is 0 Å². The molecule has 0 saturated carbocycles. The van der Waals surface area contributed by atoms with Crippen molar-refractivity contribution in [3.8, 4) is 0 Å². The molecule has 8 heteroatoms. The van der Waals surface area contributed by atoms with Crippen LogP contribution in [0.3, 0.4) is 0 Å². The van der Waals surface area contributed by atoms with Crippen molar-refractivity contribution < 1.29 is 9.72 Å². The molecule has 1 aromatic carbocycles. The van der Waals surface area contributed by atoms with E-state index < -0.39 is 4.92 Å². The number of amides is 1. The van der Waals surface area contributed by atoms with Crippen LogP contribution in [-0.4, -0.2) is 20.8 Å². The molecule has 2 rings (SSSR count). The molecule has 0 aliphatic carbocycles. The van der Waals surface area contributed by atoms with E-state index >= 15 is 0 Å². The van der Waals surface area contributed by atoms with Gasteiger partial charge in [0, 0.05) is 28.1 Å². The number of hydrogen-bond acceptors (Lipinski definition) is 4. The molecule has 1 heterocycles. The van der Waals surface area contributed by atoms with E-state index in [0.717, 1.165) is 0 Å². The molecule has 1 atom stereocenters. The number of benzene rings is 1. The van der Waals surface area contributed by atoms with Crippen LogP contribution in [-0.2, 0) is 0 Å². The predicted molar refractivity (Wildman–Crippen MR) is 84.9 cm³/mol. The number of carbonyl (C=O) groups excluding carboxylic acids is 1. The van der Waals surface area contributed by atoms with Crippen molar-refractivity contribution in [2.45, 2.75) is 19.4 Å². The molecule has 1 amide bonds. The third-order valence-electron chi connectivity index (χ3n) is 2.97. The third kappa shape index (κ3) is 3.57. The maximum atomic E-state index is 12.3. The second kappa shape index (κ2) is 6.66. The number of carbonyl (C=O) groups is 1. The van der Waals surface area contributed by atoms with Gasteiger partial charge < -0.3 is 10.3 Å². The molecule has 0 aliphatic rings. The number of imidazole rings is 1. The standard InChI is InChI=1S/C13H13IN4O3/c1-2-11(12-15-5-6-16-12)17-13(19)9-7-8(18(20)21)3-4-10(9)14/h3-7,11H,2H2,1H3,(H,15,16)(H,17,19). The molecule has 1 unspecified atom stereocenters. The van der Waals surface area contributed by atoms with E-state index in [4.69, 9.17) is 0 Å². The summed E-state index contributed by atoms with van der Waals surface area (Å²) in [5.74, 6) is 0.303. The van der Waals surface area contributed by atoms with Crippen LogP contribution in [0.5, 0.6) is 0 Å². The maximum Gasteiger partial charge on any atom is 0.270 e. The summed E-state index contributed by atoms with van der Waals surface area (Å²) < 4.78 is 0.657. The zero-order chi connectivity index (χ0) is 15.4. The van der Waals surface area contributed by atoms with E-state index in [2.05, 4.69) is 15.3 Å². The highest BCUT2D eigenvalue weighted by molar-refractivity contribution is 14.1. The number of rotatable bonds is 5. The van der Waals surface area contributed by atoms with Crippen LogP contribution < -0.4 is 5.32 Å². The van der Waals surface area contributed by atoms with Crippen molar-refractivity contribution in [2.75, 3.05) is 0 Å². The number of H-pyrrole nitrogens is 1. The van der Waals surface area contributed by atoms with Gasteiger partial charge in [0.05, 0.1) is 16.5 Å². The van der Waals surface area contributed by atoms with Gasteiger partial charge in [-0.2, -0.15) is 0 Å². The van der Waals surface area contributed by atoms with E-state index in [1.54, 1.807) is 18.5 Å². The van der Waals surface area contributed by atoms with Crippen LogP contribution >= 0.6 is 22.6 Å². The molecule has 0 radical (unpaired) electrons. The molecule has 2 aromatic rings. The van der Waals surface area contributed by atoms with Crippen molar-refractivity contribution in [1.82, 2.24) is 15.3 Å². The molecule has 2 N–H and O–H groups in total. The lowest BCUT2D eigenvalue weighted by atomic mass is 10.1. The number of aromatic nitrogens is 2. The van der Waals surface area contributed by atoms with Crippen molar-refractivity contribution in [3.05, 3.63) is 55.7 Å². The number of non-ortho nitro benzene ring substituents is 1. The molecule has 0 aliphatic heterocycles. The Morgan fingerprint density at radius 1 is 1.57 bits per heavy atom. The Labute approximate surface area is 134 Å². The van der Waals surface area contributed by atoms with Gasteiger partial charge in [0.15, 0.2) is 0 Å². The Morgan fingerprint density at radius 3 is 2.90 bits per heavy atom. The smallest absolute Gasteiger partial charge is 0.270 e. The van der Waals surface area contributed by atoms with Crippen LogP contribution in [0.25, 0.3) is 0 Å². The summed E-state index contributed by atoms with van der Waals surface area (Å²) in [5, 5.41) is 13.6. The quantitative estimate of drug-likeness (QED) is 0.458. The van der Waals surface area contributed by atoms with Gasteiger partial charge in [-0.25, -0.2) is 4.98 Å². The third-order valence-corrected chi connectivity index (χ3v) is 3.91. The number of aromatic amines is 1. The van der Waals surface area contributed by atoms with E-state index in [9.17, 15) is 14.9 Å². The van der Waals surface area contributed by atoms with Crippen LogP contribution in [0.4, 0.5) is 5.69 Å². The van der Waals surface area contributed by atoms with Crippen molar-refractivity contribution in [1.29, 1.82) is 0 Å². The largest absolute Gasteiger partial charge is 0.347 e. The summed E-state index contributed by atoms with van der Waals surface area (Å²) in [6, 6.07) is 3.96. The summed E-state index contributed by atoms with van der Waals surface area (Å²) in [6.45, 7) is 1.92. The fourth-order valence-corrected chi connectivity index (χ4v) is 2.45. The Balaban J connectivity index is 2.23. The highest BCUT2D eigenvalue weighted by Gasteiger charge is 2.20. The van der Waals surface area contributed by atoms with E-state index in [1.165, 1.54) is 12.1 Å². The minimum absolute atomic E-state index is 0.105. The minimum Gasteiger partial charge on any atom is -0.347 e. The van der Waals surface area contributed by atoms with Crippen LogP contribution in [0.1, 0.15) is 35.6 Å². The van der Waals surface area contributed by atoms with E-state index in [0.29, 0.717) is 15.8 Å². The second-order valence-electron chi connectivity index (χ2n) is 4.33. The van der Waals surface area contributed by atoms with Crippen molar-refractivity contribution >= 4 is 34.2 Å². The summed E-state index contributed by atoms with van der Waals surface area (Å²) in [4.78, 5) is 29.7. The monoisotopic (exact) mass is 400 g/mol. The van der Waals surface area contributed by atoms with Gasteiger partial charge in [0.1, 0.15) is 5.82 Å². The first-order valence-electron chi connectivity index (χ1n) is 6.27. The first-order valence-corrected chi connectivity index (χ1v) is 7.35. The van der Waals surface area contributed by atoms with E-state index in [1.807, 2.05) is 29.5 Å². The highest BCUT2D eigenvalue weighted by Crippen LogP contribution is 2.21. The number of halogens is 1. The molecule has 7 nitrogen and oxygen atoms in total. The van der Waals surface area contributed by atoms with Crippen molar-refractivity contribution in [2.24, 2.45) is 0 Å². The van der Waals surface area contributed by atoms with Crippen LogP contribution in [0.15, 0.2) is 30.6 Å². The number of nitro groups is 1. The second-order valence-corrected chi connectivity index (χ2v) is 5.49. The lowest BCUT2D eigenvalue weighted by molar-refractivity contribution is -0.384. The van der Waals surface area contributed by atoms with Gasteiger partial charge in [-0.05, 0) is 35.1 Å². The molecule has 0 saturated heterocycles. The highest BCUT2D eigenvalue weighted by atomic mass is 127. The molecule has 21 heavy (non-hydrogen) atoms. The molecule has 0 fully saturated rings. The number of nitrogens with one attached hydrogen (secondary N) is 2. The summed E-state index contributed by atoms with van der Waals surface area (Å²) in [7, 11) is 0. The molecular formula is C13H13IN4O3. The lowest BCUT2D eigenvalue weighted by Gasteiger charge is -2.15. The molecule has 0 bridgehead atoms. The van der Waals surface area contributed by atoms with Crippen molar-refractivity contribution in [3.63, 3.8) is 0 Å². The summed E-state index contributed by atoms with van der Waals surface area (Å²) in [6.07, 6.45) is 3.95. The lowest BCUT2D eigenvalue weighted by Crippen LogP contribution is -2.29. The van der Waals surface area contributed by atoms with Crippen LogP contribution in [0, 0.1) is 13.7 Å². The SMILES string of the molecule is CCC(NC(=O)c1cc([N+](=O)[O-])ccc1I)c1ncc[nH]1. The van der Waals surface area contributed by atoms with Gasteiger partial charge in [0.25, 0.3) is 11.6 Å². The van der Waals surface area contributed by atoms with E-state index in [-0.39, 0.29) is 23.2 Å². The summed E-state index contributed by atoms with van der Waals surface area (Å²) in [5.41, 5.74) is 0.182. The minimum atomic E-state index is -0.517.